The summed E-state index contributed by atoms with van der Waals surface area (Å²) in [7, 11) is 0. The van der Waals surface area contributed by atoms with Crippen molar-refractivity contribution in [2.75, 3.05) is 11.9 Å². The minimum absolute atomic E-state index is 0.00533. The lowest BCUT2D eigenvalue weighted by Crippen LogP contribution is -2.39. The normalized spacial score (nSPS) is 9.25. The van der Waals surface area contributed by atoms with E-state index in [0.29, 0.717) is 5.69 Å². The van der Waals surface area contributed by atoms with Gasteiger partial charge in [0.2, 0.25) is 0 Å². The molecule has 0 aliphatic carbocycles. The number of pyridine rings is 1. The zero-order chi connectivity index (χ0) is 12.0. The molecule has 1 rings (SSSR count). The first-order valence-electron chi connectivity index (χ1n) is 4.37. The largest absolute Gasteiger partial charge is 0.392 e. The maximum absolute atomic E-state index is 11.3. The predicted molar refractivity (Wildman–Crippen MR) is 62.7 cm³/mol. The molecule has 0 aliphatic rings. The van der Waals surface area contributed by atoms with E-state index in [9.17, 15) is 9.59 Å². The van der Waals surface area contributed by atoms with Crippen molar-refractivity contribution in [2.45, 2.75) is 0 Å². The van der Waals surface area contributed by atoms with Crippen LogP contribution in [0.2, 0.25) is 0 Å². The SMILES string of the molecule is NC(=S)CNC(=O)C(=O)Nc1cccnc1. The molecule has 1 aromatic rings. The monoisotopic (exact) mass is 238 g/mol. The van der Waals surface area contributed by atoms with Crippen LogP contribution in [0.4, 0.5) is 5.69 Å². The van der Waals surface area contributed by atoms with E-state index >= 15 is 0 Å². The highest BCUT2D eigenvalue weighted by molar-refractivity contribution is 7.80. The van der Waals surface area contributed by atoms with Gasteiger partial charge in [-0.25, -0.2) is 0 Å². The first-order chi connectivity index (χ1) is 7.59. The van der Waals surface area contributed by atoms with Crippen LogP contribution < -0.4 is 16.4 Å². The molecule has 0 saturated carbocycles. The molecule has 7 heteroatoms. The Hall–Kier alpha value is -2.02. The minimum atomic E-state index is -0.795. The summed E-state index contributed by atoms with van der Waals surface area (Å²) in [6, 6.07) is 3.26. The second-order valence-corrected chi connectivity index (χ2v) is 3.37. The van der Waals surface area contributed by atoms with E-state index in [4.69, 9.17) is 5.73 Å². The number of hydrogen-bond donors (Lipinski definition) is 3. The molecule has 0 radical (unpaired) electrons. The summed E-state index contributed by atoms with van der Waals surface area (Å²) < 4.78 is 0. The predicted octanol–water partition coefficient (Wildman–Crippen LogP) is -0.578. The molecule has 0 bridgehead atoms. The number of carbonyl (C=O) groups is 2. The molecule has 2 amide bonds. The van der Waals surface area contributed by atoms with Crippen LogP contribution in [0.1, 0.15) is 0 Å². The topological polar surface area (TPSA) is 97.1 Å². The molecule has 6 nitrogen and oxygen atoms in total. The Balaban J connectivity index is 2.46. The van der Waals surface area contributed by atoms with E-state index in [1.807, 2.05) is 0 Å². The van der Waals surface area contributed by atoms with Crippen LogP contribution >= 0.6 is 12.2 Å². The molecule has 0 spiro atoms. The summed E-state index contributed by atoms with van der Waals surface area (Å²) in [5.41, 5.74) is 5.61. The van der Waals surface area contributed by atoms with Crippen LogP contribution in [0.15, 0.2) is 24.5 Å². The third kappa shape index (κ3) is 4.01. The molecule has 1 heterocycles. The van der Waals surface area contributed by atoms with Gasteiger partial charge in [0, 0.05) is 6.20 Å². The van der Waals surface area contributed by atoms with Gasteiger partial charge < -0.3 is 16.4 Å². The summed E-state index contributed by atoms with van der Waals surface area (Å²) in [6.07, 6.45) is 2.99. The number of nitrogens with two attached hydrogens (primary N) is 1. The lowest BCUT2D eigenvalue weighted by molar-refractivity contribution is -0.135. The summed E-state index contributed by atoms with van der Waals surface area (Å²) in [4.78, 5) is 26.4. The zero-order valence-electron chi connectivity index (χ0n) is 8.27. The average molecular weight is 238 g/mol. The van der Waals surface area contributed by atoms with Crippen LogP contribution in [0.5, 0.6) is 0 Å². The summed E-state index contributed by atoms with van der Waals surface area (Å²) in [5.74, 6) is -1.58. The van der Waals surface area contributed by atoms with E-state index < -0.39 is 11.8 Å². The molecule has 1 aromatic heterocycles. The van der Waals surface area contributed by atoms with Crippen molar-refractivity contribution >= 4 is 34.7 Å². The molecule has 0 saturated heterocycles. The molecule has 4 N–H and O–H groups in total. The van der Waals surface area contributed by atoms with E-state index in [0.717, 1.165) is 0 Å². The van der Waals surface area contributed by atoms with Crippen molar-refractivity contribution in [2.24, 2.45) is 5.73 Å². The van der Waals surface area contributed by atoms with Crippen molar-refractivity contribution in [3.63, 3.8) is 0 Å². The maximum atomic E-state index is 11.3. The number of anilines is 1. The number of aromatic nitrogens is 1. The van der Waals surface area contributed by atoms with Gasteiger partial charge in [-0.05, 0) is 12.1 Å². The molecular weight excluding hydrogens is 228 g/mol. The zero-order valence-corrected chi connectivity index (χ0v) is 9.08. The Labute approximate surface area is 97.2 Å². The fourth-order valence-electron chi connectivity index (χ4n) is 0.872. The van der Waals surface area contributed by atoms with Gasteiger partial charge in [-0.15, -0.1) is 0 Å². The molecule has 0 atom stereocenters. The quantitative estimate of drug-likeness (QED) is 0.483. The molecule has 16 heavy (non-hydrogen) atoms. The van der Waals surface area contributed by atoms with E-state index in [1.165, 1.54) is 6.20 Å². The van der Waals surface area contributed by atoms with Gasteiger partial charge in [0.1, 0.15) is 0 Å². The third-order valence-electron chi connectivity index (χ3n) is 1.55. The third-order valence-corrected chi connectivity index (χ3v) is 1.69. The second-order valence-electron chi connectivity index (χ2n) is 2.84. The Bertz CT molecular complexity index is 407. The van der Waals surface area contributed by atoms with Gasteiger partial charge in [0.15, 0.2) is 0 Å². The number of nitrogens with one attached hydrogen (secondary N) is 2. The average Bonchev–Trinajstić information content (AvgIpc) is 2.27. The summed E-state index contributed by atoms with van der Waals surface area (Å²) in [6.45, 7) is -0.00533. The van der Waals surface area contributed by atoms with Crippen LogP contribution in [0.25, 0.3) is 0 Å². The highest BCUT2D eigenvalue weighted by Gasteiger charge is 2.12. The first kappa shape index (κ1) is 12.1. The van der Waals surface area contributed by atoms with Crippen molar-refractivity contribution in [3.05, 3.63) is 24.5 Å². The van der Waals surface area contributed by atoms with Crippen LogP contribution in [-0.4, -0.2) is 28.3 Å². The van der Waals surface area contributed by atoms with E-state index in [2.05, 4.69) is 27.8 Å². The molecule has 84 valence electrons. The van der Waals surface area contributed by atoms with Crippen molar-refractivity contribution in [1.82, 2.24) is 10.3 Å². The van der Waals surface area contributed by atoms with Crippen molar-refractivity contribution in [1.29, 1.82) is 0 Å². The van der Waals surface area contributed by atoms with Crippen LogP contribution in [0.3, 0.4) is 0 Å². The number of nitrogens with zero attached hydrogens (tertiary/aromatic N) is 1. The molecule has 0 aromatic carbocycles. The Morgan fingerprint density at radius 1 is 1.44 bits per heavy atom. The molecular formula is C9H10N4O2S. The Morgan fingerprint density at radius 2 is 2.19 bits per heavy atom. The summed E-state index contributed by atoms with van der Waals surface area (Å²) >= 11 is 4.55. The van der Waals surface area contributed by atoms with Gasteiger partial charge in [0.25, 0.3) is 0 Å². The second kappa shape index (κ2) is 5.76. The number of amides is 2. The molecule has 0 aliphatic heterocycles. The van der Waals surface area contributed by atoms with Gasteiger partial charge in [-0.2, -0.15) is 0 Å². The fraction of sp³-hybridized carbons (Fsp3) is 0.111. The van der Waals surface area contributed by atoms with Crippen molar-refractivity contribution < 1.29 is 9.59 Å². The lowest BCUT2D eigenvalue weighted by atomic mass is 10.4. The summed E-state index contributed by atoms with van der Waals surface area (Å²) in [5, 5.41) is 4.63. The standard InChI is InChI=1S/C9H10N4O2S/c10-7(16)5-12-8(14)9(15)13-6-2-1-3-11-4-6/h1-4H,5H2,(H2,10,16)(H,12,14)(H,13,15). The Morgan fingerprint density at radius 3 is 2.75 bits per heavy atom. The van der Waals surface area contributed by atoms with Crippen LogP contribution in [0, 0.1) is 0 Å². The van der Waals surface area contributed by atoms with E-state index in [1.54, 1.807) is 18.3 Å². The first-order valence-corrected chi connectivity index (χ1v) is 4.78. The van der Waals surface area contributed by atoms with E-state index in [-0.39, 0.29) is 11.5 Å². The Kier molecular flexibility index (Phi) is 4.34. The number of hydrogen-bond acceptors (Lipinski definition) is 4. The van der Waals surface area contributed by atoms with Gasteiger partial charge >= 0.3 is 11.8 Å². The van der Waals surface area contributed by atoms with Crippen LogP contribution in [-0.2, 0) is 9.59 Å². The lowest BCUT2D eigenvalue weighted by Gasteiger charge is -2.04. The highest BCUT2D eigenvalue weighted by Crippen LogP contribution is 2.01. The minimum Gasteiger partial charge on any atom is -0.392 e. The fourth-order valence-corrected chi connectivity index (χ4v) is 0.944. The van der Waals surface area contributed by atoms with Crippen molar-refractivity contribution in [3.8, 4) is 0 Å². The highest BCUT2D eigenvalue weighted by atomic mass is 32.1. The number of thiocarbonyl (C=S) groups is 1. The maximum Gasteiger partial charge on any atom is 0.313 e. The molecule has 0 unspecified atom stereocenters. The smallest absolute Gasteiger partial charge is 0.313 e. The number of carbonyl (C=O) groups excluding carboxylic acids is 2. The van der Waals surface area contributed by atoms with Gasteiger partial charge in [0.05, 0.1) is 23.4 Å². The van der Waals surface area contributed by atoms with Gasteiger partial charge in [-0.3, -0.25) is 14.6 Å². The molecule has 0 fully saturated rings. The number of rotatable bonds is 3. The van der Waals surface area contributed by atoms with Gasteiger partial charge in [-0.1, -0.05) is 12.2 Å².